The lowest BCUT2D eigenvalue weighted by Crippen LogP contribution is -2.17. The molecule has 0 bridgehead atoms. The standard InChI is InChI=1S/C7H14FN/c1-7(8)4-6(7)5-9(2)3/h6H,4-5H2,1-3H3. The molecule has 54 valence electrons. The van der Waals surface area contributed by atoms with Crippen molar-refractivity contribution >= 4 is 0 Å². The van der Waals surface area contributed by atoms with Gasteiger partial charge in [0.25, 0.3) is 0 Å². The summed E-state index contributed by atoms with van der Waals surface area (Å²) in [4.78, 5) is 2.04. The van der Waals surface area contributed by atoms with E-state index in [1.807, 2.05) is 19.0 Å². The minimum absolute atomic E-state index is 0.299. The Labute approximate surface area is 55.8 Å². The normalized spacial score (nSPS) is 41.7. The van der Waals surface area contributed by atoms with Crippen molar-refractivity contribution in [3.8, 4) is 0 Å². The van der Waals surface area contributed by atoms with E-state index in [9.17, 15) is 4.39 Å². The summed E-state index contributed by atoms with van der Waals surface area (Å²) in [6.07, 6.45) is 0.755. The molecule has 0 saturated heterocycles. The summed E-state index contributed by atoms with van der Waals surface area (Å²) in [6.45, 7) is 2.58. The summed E-state index contributed by atoms with van der Waals surface area (Å²) >= 11 is 0. The highest BCUT2D eigenvalue weighted by Crippen LogP contribution is 2.46. The van der Waals surface area contributed by atoms with Gasteiger partial charge in [0.05, 0.1) is 0 Å². The van der Waals surface area contributed by atoms with Gasteiger partial charge in [0, 0.05) is 12.5 Å². The average molecular weight is 131 g/mol. The summed E-state index contributed by atoms with van der Waals surface area (Å²) in [5, 5.41) is 0. The van der Waals surface area contributed by atoms with Gasteiger partial charge in [0.2, 0.25) is 0 Å². The molecule has 0 N–H and O–H groups in total. The molecule has 1 saturated carbocycles. The molecule has 1 aliphatic rings. The van der Waals surface area contributed by atoms with Crippen LogP contribution in [0.15, 0.2) is 0 Å². The van der Waals surface area contributed by atoms with Crippen molar-refractivity contribution < 1.29 is 4.39 Å². The lowest BCUT2D eigenvalue weighted by Gasteiger charge is -2.08. The Morgan fingerprint density at radius 2 is 2.11 bits per heavy atom. The van der Waals surface area contributed by atoms with E-state index in [4.69, 9.17) is 0 Å². The zero-order valence-corrected chi connectivity index (χ0v) is 6.32. The van der Waals surface area contributed by atoms with E-state index in [1.165, 1.54) is 0 Å². The number of nitrogens with zero attached hydrogens (tertiary/aromatic N) is 1. The van der Waals surface area contributed by atoms with Crippen molar-refractivity contribution in [3.05, 3.63) is 0 Å². The highest BCUT2D eigenvalue weighted by molar-refractivity contribution is 5.00. The SMILES string of the molecule is CN(C)CC1CC1(C)F. The first kappa shape index (κ1) is 7.00. The topological polar surface area (TPSA) is 3.24 Å². The molecule has 0 spiro atoms. The largest absolute Gasteiger partial charge is 0.309 e. The van der Waals surface area contributed by atoms with Crippen LogP contribution in [-0.4, -0.2) is 31.2 Å². The van der Waals surface area contributed by atoms with Crippen molar-refractivity contribution in [2.45, 2.75) is 19.0 Å². The summed E-state index contributed by atoms with van der Waals surface area (Å²) in [5.41, 5.74) is -0.843. The van der Waals surface area contributed by atoms with E-state index in [0.717, 1.165) is 13.0 Å². The van der Waals surface area contributed by atoms with Crippen molar-refractivity contribution in [3.63, 3.8) is 0 Å². The van der Waals surface area contributed by atoms with Gasteiger partial charge in [-0.05, 0) is 27.4 Å². The van der Waals surface area contributed by atoms with Gasteiger partial charge < -0.3 is 4.90 Å². The third-order valence-electron chi connectivity index (χ3n) is 1.92. The Balaban J connectivity index is 2.20. The van der Waals surface area contributed by atoms with Gasteiger partial charge in [-0.3, -0.25) is 0 Å². The molecule has 9 heavy (non-hydrogen) atoms. The van der Waals surface area contributed by atoms with Crippen LogP contribution < -0.4 is 0 Å². The lowest BCUT2D eigenvalue weighted by molar-refractivity contribution is 0.276. The fraction of sp³-hybridized carbons (Fsp3) is 1.00. The molecule has 0 aliphatic heterocycles. The van der Waals surface area contributed by atoms with E-state index in [0.29, 0.717) is 5.92 Å². The number of hydrogen-bond acceptors (Lipinski definition) is 1. The molecule has 0 aromatic rings. The molecule has 0 radical (unpaired) electrons. The molecular weight excluding hydrogens is 117 g/mol. The molecule has 2 atom stereocenters. The van der Waals surface area contributed by atoms with Gasteiger partial charge >= 0.3 is 0 Å². The van der Waals surface area contributed by atoms with Crippen molar-refractivity contribution in [1.82, 2.24) is 4.90 Å². The van der Waals surface area contributed by atoms with E-state index < -0.39 is 5.67 Å². The molecule has 0 aromatic heterocycles. The Hall–Kier alpha value is -0.110. The van der Waals surface area contributed by atoms with Crippen molar-refractivity contribution in [2.75, 3.05) is 20.6 Å². The van der Waals surface area contributed by atoms with Crippen molar-refractivity contribution in [2.24, 2.45) is 5.92 Å². The number of halogens is 1. The van der Waals surface area contributed by atoms with Crippen LogP contribution in [0.3, 0.4) is 0 Å². The van der Waals surface area contributed by atoms with Crippen LogP contribution in [0.5, 0.6) is 0 Å². The maximum absolute atomic E-state index is 12.8. The lowest BCUT2D eigenvalue weighted by atomic mass is 10.3. The maximum Gasteiger partial charge on any atom is 0.112 e. The van der Waals surface area contributed by atoms with E-state index in [-0.39, 0.29) is 0 Å². The molecule has 2 unspecified atom stereocenters. The predicted molar refractivity (Wildman–Crippen MR) is 36.2 cm³/mol. The zero-order chi connectivity index (χ0) is 7.07. The van der Waals surface area contributed by atoms with Gasteiger partial charge in [0.1, 0.15) is 5.67 Å². The first-order chi connectivity index (χ1) is 4.02. The number of hydrogen-bond donors (Lipinski definition) is 0. The summed E-state index contributed by atoms with van der Waals surface area (Å²) in [5.74, 6) is 0.299. The second-order valence-electron chi connectivity index (χ2n) is 3.44. The van der Waals surface area contributed by atoms with Crippen LogP contribution in [0, 0.1) is 5.92 Å². The highest BCUT2D eigenvalue weighted by atomic mass is 19.1. The number of rotatable bonds is 2. The van der Waals surface area contributed by atoms with Crippen LogP contribution in [0.25, 0.3) is 0 Å². The molecule has 0 aromatic carbocycles. The van der Waals surface area contributed by atoms with Crippen LogP contribution in [0.2, 0.25) is 0 Å². The summed E-state index contributed by atoms with van der Waals surface area (Å²) in [6, 6.07) is 0. The Kier molecular flexibility index (Phi) is 1.51. The molecule has 1 rings (SSSR count). The van der Waals surface area contributed by atoms with Gasteiger partial charge in [0.15, 0.2) is 0 Å². The van der Waals surface area contributed by atoms with Gasteiger partial charge in [-0.2, -0.15) is 0 Å². The molecule has 1 fully saturated rings. The fourth-order valence-electron chi connectivity index (χ4n) is 1.12. The molecule has 0 heterocycles. The van der Waals surface area contributed by atoms with E-state index >= 15 is 0 Å². The second-order valence-corrected chi connectivity index (χ2v) is 3.44. The zero-order valence-electron chi connectivity index (χ0n) is 6.32. The van der Waals surface area contributed by atoms with Crippen LogP contribution in [0.4, 0.5) is 4.39 Å². The van der Waals surface area contributed by atoms with Crippen LogP contribution in [-0.2, 0) is 0 Å². The summed E-state index contributed by atoms with van der Waals surface area (Å²) < 4.78 is 12.8. The third kappa shape index (κ3) is 1.65. The van der Waals surface area contributed by atoms with Gasteiger partial charge in [-0.1, -0.05) is 0 Å². The van der Waals surface area contributed by atoms with E-state index in [1.54, 1.807) is 6.92 Å². The third-order valence-corrected chi connectivity index (χ3v) is 1.92. The smallest absolute Gasteiger partial charge is 0.112 e. The van der Waals surface area contributed by atoms with Crippen LogP contribution >= 0.6 is 0 Å². The first-order valence-electron chi connectivity index (χ1n) is 3.36. The fourth-order valence-corrected chi connectivity index (χ4v) is 1.12. The average Bonchev–Trinajstić information content (AvgIpc) is 2.10. The Bertz CT molecular complexity index is 109. The quantitative estimate of drug-likeness (QED) is 0.546. The monoisotopic (exact) mass is 131 g/mol. The molecule has 2 heteroatoms. The molecule has 1 nitrogen and oxygen atoms in total. The van der Waals surface area contributed by atoms with Crippen LogP contribution in [0.1, 0.15) is 13.3 Å². The minimum Gasteiger partial charge on any atom is -0.309 e. The molecule has 1 aliphatic carbocycles. The Morgan fingerprint density at radius 3 is 2.22 bits per heavy atom. The second kappa shape index (κ2) is 1.94. The maximum atomic E-state index is 12.8. The van der Waals surface area contributed by atoms with Gasteiger partial charge in [-0.25, -0.2) is 4.39 Å². The minimum atomic E-state index is -0.843. The first-order valence-corrected chi connectivity index (χ1v) is 3.36. The summed E-state index contributed by atoms with van der Waals surface area (Å²) in [7, 11) is 3.96. The Morgan fingerprint density at radius 1 is 1.67 bits per heavy atom. The molecule has 0 amide bonds. The highest BCUT2D eigenvalue weighted by Gasteiger charge is 2.50. The van der Waals surface area contributed by atoms with Gasteiger partial charge in [-0.15, -0.1) is 0 Å². The predicted octanol–water partition coefficient (Wildman–Crippen LogP) is 1.30. The van der Waals surface area contributed by atoms with E-state index in [2.05, 4.69) is 0 Å². The number of alkyl halides is 1. The van der Waals surface area contributed by atoms with Crippen molar-refractivity contribution in [1.29, 1.82) is 0 Å². The molecular formula is C7H14FN.